The van der Waals surface area contributed by atoms with Gasteiger partial charge in [-0.1, -0.05) is 133 Å². The SMILES string of the molecule is c1ccc(-c2ccc3oc4cccc(C5=NC(c6cc7ccccc7c7ccccc67)=NC(c6ccc7ccccc7c6)N5)c4c3c2)cc1. The highest BCUT2D eigenvalue weighted by molar-refractivity contribution is 6.25. The fourth-order valence-electron chi connectivity index (χ4n) is 7.33. The summed E-state index contributed by atoms with van der Waals surface area (Å²) in [6, 6.07) is 57.5. The van der Waals surface area contributed by atoms with Gasteiger partial charge in [-0.2, -0.15) is 0 Å². The molecule has 4 nitrogen and oxygen atoms in total. The van der Waals surface area contributed by atoms with Crippen LogP contribution >= 0.6 is 0 Å². The maximum atomic E-state index is 6.44. The highest BCUT2D eigenvalue weighted by Crippen LogP contribution is 2.37. The molecule has 1 aliphatic heterocycles. The lowest BCUT2D eigenvalue weighted by atomic mass is 9.96. The Balaban J connectivity index is 1.21. The Labute approximate surface area is 282 Å². The molecule has 0 radical (unpaired) electrons. The average molecular weight is 628 g/mol. The number of furan rings is 1. The topological polar surface area (TPSA) is 49.9 Å². The Bertz CT molecular complexity index is 2810. The summed E-state index contributed by atoms with van der Waals surface area (Å²) in [6.07, 6.45) is -0.356. The van der Waals surface area contributed by atoms with Crippen molar-refractivity contribution in [3.8, 4) is 11.1 Å². The van der Waals surface area contributed by atoms with E-state index in [0.717, 1.165) is 60.8 Å². The second-order valence-electron chi connectivity index (χ2n) is 12.6. The van der Waals surface area contributed by atoms with E-state index in [4.69, 9.17) is 14.4 Å². The van der Waals surface area contributed by atoms with E-state index in [0.29, 0.717) is 5.84 Å². The van der Waals surface area contributed by atoms with Gasteiger partial charge >= 0.3 is 0 Å². The van der Waals surface area contributed by atoms with Crippen LogP contribution in [0.3, 0.4) is 0 Å². The molecule has 1 unspecified atom stereocenters. The Morgan fingerprint density at radius 1 is 0.469 bits per heavy atom. The summed E-state index contributed by atoms with van der Waals surface area (Å²) >= 11 is 0. The molecule has 9 aromatic rings. The van der Waals surface area contributed by atoms with Crippen molar-refractivity contribution in [1.82, 2.24) is 5.32 Å². The quantitative estimate of drug-likeness (QED) is 0.197. The molecule has 1 atom stereocenters. The van der Waals surface area contributed by atoms with E-state index in [1.165, 1.54) is 27.1 Å². The van der Waals surface area contributed by atoms with Crippen LogP contribution in [0.5, 0.6) is 0 Å². The van der Waals surface area contributed by atoms with Gasteiger partial charge in [0.2, 0.25) is 0 Å². The van der Waals surface area contributed by atoms with Gasteiger partial charge in [-0.3, -0.25) is 0 Å². The van der Waals surface area contributed by atoms with E-state index in [1.807, 2.05) is 18.2 Å². The Hall–Kier alpha value is -6.52. The fourth-order valence-corrected chi connectivity index (χ4v) is 7.33. The van der Waals surface area contributed by atoms with Crippen LogP contribution in [0.4, 0.5) is 0 Å². The average Bonchev–Trinajstić information content (AvgIpc) is 3.56. The van der Waals surface area contributed by atoms with Crippen LogP contribution in [0.2, 0.25) is 0 Å². The molecule has 0 saturated carbocycles. The van der Waals surface area contributed by atoms with Crippen LogP contribution in [0.1, 0.15) is 22.9 Å². The van der Waals surface area contributed by atoms with Gasteiger partial charge < -0.3 is 9.73 Å². The second kappa shape index (κ2) is 11.0. The maximum Gasteiger partial charge on any atom is 0.160 e. The summed E-state index contributed by atoms with van der Waals surface area (Å²) in [6.45, 7) is 0. The molecule has 2 heterocycles. The van der Waals surface area contributed by atoms with Crippen LogP contribution in [-0.4, -0.2) is 11.7 Å². The molecule has 0 fully saturated rings. The van der Waals surface area contributed by atoms with Gasteiger partial charge in [0.15, 0.2) is 5.84 Å². The number of nitrogens with one attached hydrogen (secondary N) is 1. The predicted molar refractivity (Wildman–Crippen MR) is 204 cm³/mol. The Morgan fingerprint density at radius 3 is 2.10 bits per heavy atom. The zero-order valence-electron chi connectivity index (χ0n) is 26.5. The number of hydrogen-bond acceptors (Lipinski definition) is 4. The Morgan fingerprint density at radius 2 is 1.22 bits per heavy atom. The first-order chi connectivity index (χ1) is 24.3. The van der Waals surface area contributed by atoms with E-state index in [1.54, 1.807) is 0 Å². The van der Waals surface area contributed by atoms with E-state index < -0.39 is 0 Å². The van der Waals surface area contributed by atoms with Gasteiger partial charge in [-0.15, -0.1) is 0 Å². The first-order valence-electron chi connectivity index (χ1n) is 16.6. The first kappa shape index (κ1) is 27.6. The molecule has 230 valence electrons. The minimum absolute atomic E-state index is 0.356. The molecule has 0 aliphatic carbocycles. The summed E-state index contributed by atoms with van der Waals surface area (Å²) in [7, 11) is 0. The first-order valence-corrected chi connectivity index (χ1v) is 16.6. The van der Waals surface area contributed by atoms with Crippen molar-refractivity contribution in [2.24, 2.45) is 9.98 Å². The van der Waals surface area contributed by atoms with Gasteiger partial charge in [0.05, 0.1) is 0 Å². The van der Waals surface area contributed by atoms with Crippen molar-refractivity contribution < 1.29 is 4.42 Å². The van der Waals surface area contributed by atoms with E-state index in [2.05, 4.69) is 151 Å². The zero-order chi connectivity index (χ0) is 32.3. The molecule has 10 rings (SSSR count). The monoisotopic (exact) mass is 627 g/mol. The summed E-state index contributed by atoms with van der Waals surface area (Å²) in [5.74, 6) is 1.46. The van der Waals surface area contributed by atoms with Crippen molar-refractivity contribution in [3.05, 3.63) is 180 Å². The van der Waals surface area contributed by atoms with Crippen LogP contribution in [0, 0.1) is 0 Å². The van der Waals surface area contributed by atoms with Crippen molar-refractivity contribution in [3.63, 3.8) is 0 Å². The number of fused-ring (bicyclic) bond motifs is 7. The van der Waals surface area contributed by atoms with Crippen molar-refractivity contribution >= 4 is 65.9 Å². The summed E-state index contributed by atoms with van der Waals surface area (Å²) in [4.78, 5) is 10.7. The molecule has 1 aliphatic rings. The third-order valence-electron chi connectivity index (χ3n) is 9.70. The summed E-state index contributed by atoms with van der Waals surface area (Å²) < 4.78 is 6.44. The van der Waals surface area contributed by atoms with Gasteiger partial charge in [0.1, 0.15) is 23.2 Å². The highest BCUT2D eigenvalue weighted by atomic mass is 16.3. The number of nitrogens with zero attached hydrogens (tertiary/aromatic N) is 2. The molecule has 0 amide bonds. The molecule has 0 spiro atoms. The minimum Gasteiger partial charge on any atom is -0.456 e. The van der Waals surface area contributed by atoms with Gasteiger partial charge in [0, 0.05) is 21.9 Å². The van der Waals surface area contributed by atoms with Crippen molar-refractivity contribution in [2.75, 3.05) is 0 Å². The lowest BCUT2D eigenvalue weighted by molar-refractivity contribution is 0.668. The van der Waals surface area contributed by atoms with Gasteiger partial charge in [-0.25, -0.2) is 9.98 Å². The molecular weight excluding hydrogens is 599 g/mol. The van der Waals surface area contributed by atoms with E-state index in [9.17, 15) is 0 Å². The molecule has 4 heteroatoms. The summed E-state index contributed by atoms with van der Waals surface area (Å²) in [5.41, 5.74) is 7.04. The minimum atomic E-state index is -0.356. The zero-order valence-corrected chi connectivity index (χ0v) is 26.5. The number of hydrogen-bond donors (Lipinski definition) is 1. The van der Waals surface area contributed by atoms with Gasteiger partial charge in [-0.05, 0) is 79.3 Å². The third-order valence-corrected chi connectivity index (χ3v) is 9.70. The number of amidine groups is 2. The van der Waals surface area contributed by atoms with Crippen LogP contribution in [0.15, 0.2) is 178 Å². The molecule has 0 saturated heterocycles. The van der Waals surface area contributed by atoms with E-state index in [-0.39, 0.29) is 6.17 Å². The lowest BCUT2D eigenvalue weighted by Crippen LogP contribution is -2.33. The summed E-state index contributed by atoms with van der Waals surface area (Å²) in [5, 5.41) is 12.9. The molecular formula is C45H29N3O. The number of aliphatic imine (C=N–C) groups is 2. The van der Waals surface area contributed by atoms with Crippen LogP contribution < -0.4 is 5.32 Å². The predicted octanol–water partition coefficient (Wildman–Crippen LogP) is 11.2. The molecule has 1 N–H and O–H groups in total. The van der Waals surface area contributed by atoms with Gasteiger partial charge in [0.25, 0.3) is 0 Å². The molecule has 49 heavy (non-hydrogen) atoms. The molecule has 0 bridgehead atoms. The lowest BCUT2D eigenvalue weighted by Gasteiger charge is -2.25. The number of rotatable bonds is 4. The standard InChI is InChI=1S/C45H29N3O/c1-2-11-28(12-3-1)31-23-24-40-39(26-31)42-37(19-10-20-41(42)49-40)44-46-43(33-22-21-29-13-4-5-14-30(29)25-33)47-45(48-44)38-27-32-15-6-7-16-34(32)35-17-8-9-18-36(35)38/h1-27,43H,(H,46,47,48). The smallest absolute Gasteiger partial charge is 0.160 e. The van der Waals surface area contributed by atoms with Crippen molar-refractivity contribution in [2.45, 2.75) is 6.17 Å². The van der Waals surface area contributed by atoms with E-state index >= 15 is 0 Å². The second-order valence-corrected chi connectivity index (χ2v) is 12.6. The molecule has 8 aromatic carbocycles. The maximum absolute atomic E-state index is 6.44. The molecule has 1 aromatic heterocycles. The Kier molecular flexibility index (Phi) is 6.21. The van der Waals surface area contributed by atoms with Crippen molar-refractivity contribution in [1.29, 1.82) is 0 Å². The number of benzene rings is 8. The third kappa shape index (κ3) is 4.61. The highest BCUT2D eigenvalue weighted by Gasteiger charge is 2.25. The normalized spacial score (nSPS) is 14.7. The van der Waals surface area contributed by atoms with Crippen LogP contribution in [0.25, 0.3) is 65.4 Å². The fraction of sp³-hybridized carbons (Fsp3) is 0.0222. The van der Waals surface area contributed by atoms with Crippen LogP contribution in [-0.2, 0) is 0 Å². The largest absolute Gasteiger partial charge is 0.456 e.